The van der Waals surface area contributed by atoms with Gasteiger partial charge in [0.15, 0.2) is 0 Å². The zero-order chi connectivity index (χ0) is 9.73. The molecule has 0 aromatic rings. The third kappa shape index (κ3) is 4.01. The van der Waals surface area contributed by atoms with E-state index < -0.39 is 0 Å². The van der Waals surface area contributed by atoms with Gasteiger partial charge in [-0.15, -0.1) is 11.6 Å². The minimum Gasteiger partial charge on any atom is -0.380 e. The molecule has 0 aromatic carbocycles. The molecule has 1 saturated heterocycles. The number of hydrogen-bond acceptors (Lipinski definition) is 1. The second-order valence-electron chi connectivity index (χ2n) is 4.55. The molecule has 13 heavy (non-hydrogen) atoms. The number of ether oxygens (including phenoxy) is 1. The summed E-state index contributed by atoms with van der Waals surface area (Å²) in [4.78, 5) is 0. The van der Waals surface area contributed by atoms with Crippen LogP contribution in [0.15, 0.2) is 0 Å². The second kappa shape index (κ2) is 5.37. The molecule has 0 saturated carbocycles. The smallest absolute Gasteiger partial charge is 0.0486 e. The normalized spacial score (nSPS) is 31.8. The lowest BCUT2D eigenvalue weighted by atomic mass is 9.99. The first-order valence-corrected chi connectivity index (χ1v) is 6.90. The van der Waals surface area contributed by atoms with Gasteiger partial charge in [0.05, 0.1) is 0 Å². The predicted octanol–water partition coefficient (Wildman–Crippen LogP) is 1.90. The lowest BCUT2D eigenvalue weighted by Gasteiger charge is -2.34. The summed E-state index contributed by atoms with van der Waals surface area (Å²) in [5.41, 5.74) is 0. The molecule has 1 rings (SSSR count). The molecular formula is C10H21ClOSi. The Morgan fingerprint density at radius 3 is 2.85 bits per heavy atom. The molecule has 2 unspecified atom stereocenters. The fourth-order valence-corrected chi connectivity index (χ4v) is 2.82. The Morgan fingerprint density at radius 2 is 2.31 bits per heavy atom. The van der Waals surface area contributed by atoms with Gasteiger partial charge in [-0.1, -0.05) is 6.92 Å². The maximum absolute atomic E-state index is 5.88. The van der Waals surface area contributed by atoms with Crippen LogP contribution in [0, 0.1) is 5.92 Å². The van der Waals surface area contributed by atoms with Crippen molar-refractivity contribution in [1.82, 2.24) is 0 Å². The maximum Gasteiger partial charge on any atom is 0.0486 e. The molecule has 0 aromatic heterocycles. The van der Waals surface area contributed by atoms with Crippen LogP contribution in [-0.2, 0) is 4.74 Å². The Bertz CT molecular complexity index is 146. The average Bonchev–Trinajstić information content (AvgIpc) is 2.15. The van der Waals surface area contributed by atoms with Crippen molar-refractivity contribution in [3.8, 4) is 0 Å². The lowest BCUT2D eigenvalue weighted by molar-refractivity contribution is -0.0253. The fraction of sp³-hybridized carbons (Fsp3) is 1.00. The molecule has 0 N–H and O–H groups in total. The largest absolute Gasteiger partial charge is 0.380 e. The summed E-state index contributed by atoms with van der Waals surface area (Å²) in [6.07, 6.45) is 6.36. The van der Waals surface area contributed by atoms with Gasteiger partial charge in [-0.3, -0.25) is 0 Å². The van der Waals surface area contributed by atoms with Crippen molar-refractivity contribution in [2.45, 2.75) is 44.3 Å². The number of alkyl halides is 1. The summed E-state index contributed by atoms with van der Waals surface area (Å²) in [6, 6.07) is 0. The maximum atomic E-state index is 5.88. The van der Waals surface area contributed by atoms with Crippen LogP contribution in [-0.4, -0.2) is 28.0 Å². The molecule has 0 bridgehead atoms. The molecule has 0 radical (unpaired) electrons. The SMILES string of the molecule is CC(CCl)CCC1([SiH3])CCCCO1. The van der Waals surface area contributed by atoms with Gasteiger partial charge >= 0.3 is 0 Å². The third-order valence-electron chi connectivity index (χ3n) is 2.98. The van der Waals surface area contributed by atoms with Crippen LogP contribution in [0.25, 0.3) is 0 Å². The van der Waals surface area contributed by atoms with Crippen molar-refractivity contribution < 1.29 is 4.74 Å². The molecule has 3 heteroatoms. The van der Waals surface area contributed by atoms with E-state index in [1.54, 1.807) is 0 Å². The van der Waals surface area contributed by atoms with E-state index in [2.05, 4.69) is 6.92 Å². The minimum atomic E-state index is 0.290. The highest BCUT2D eigenvalue weighted by Crippen LogP contribution is 2.27. The van der Waals surface area contributed by atoms with Gasteiger partial charge in [0, 0.05) is 28.0 Å². The van der Waals surface area contributed by atoms with Crippen LogP contribution in [0.1, 0.15) is 39.0 Å². The van der Waals surface area contributed by atoms with E-state index in [-0.39, 0.29) is 0 Å². The Labute approximate surface area is 89.6 Å². The quantitative estimate of drug-likeness (QED) is 0.520. The molecule has 1 fully saturated rings. The summed E-state index contributed by atoms with van der Waals surface area (Å²) in [5, 5.41) is 0.290. The highest BCUT2D eigenvalue weighted by atomic mass is 35.5. The highest BCUT2D eigenvalue weighted by Gasteiger charge is 2.27. The van der Waals surface area contributed by atoms with E-state index in [0.29, 0.717) is 11.1 Å². The minimum absolute atomic E-state index is 0.290. The van der Waals surface area contributed by atoms with E-state index in [0.717, 1.165) is 12.5 Å². The molecule has 0 aliphatic carbocycles. The average molecular weight is 221 g/mol. The third-order valence-corrected chi connectivity index (χ3v) is 4.80. The molecule has 78 valence electrons. The van der Waals surface area contributed by atoms with Crippen LogP contribution in [0.2, 0.25) is 0 Å². The van der Waals surface area contributed by atoms with E-state index in [9.17, 15) is 0 Å². The van der Waals surface area contributed by atoms with Crippen LogP contribution in [0.4, 0.5) is 0 Å². The van der Waals surface area contributed by atoms with E-state index >= 15 is 0 Å². The van der Waals surface area contributed by atoms with Crippen molar-refractivity contribution in [3.63, 3.8) is 0 Å². The van der Waals surface area contributed by atoms with Gasteiger partial charge in [0.25, 0.3) is 0 Å². The van der Waals surface area contributed by atoms with Gasteiger partial charge in [-0.05, 0) is 38.0 Å². The van der Waals surface area contributed by atoms with Gasteiger partial charge < -0.3 is 4.74 Å². The van der Waals surface area contributed by atoms with Crippen LogP contribution in [0.3, 0.4) is 0 Å². The summed E-state index contributed by atoms with van der Waals surface area (Å²) in [5.74, 6) is 1.44. The van der Waals surface area contributed by atoms with Gasteiger partial charge in [-0.25, -0.2) is 0 Å². The molecule has 1 aliphatic heterocycles. The van der Waals surface area contributed by atoms with Crippen LogP contribution >= 0.6 is 11.6 Å². The fourth-order valence-electron chi connectivity index (χ4n) is 1.82. The molecule has 0 amide bonds. The Balaban J connectivity index is 2.24. The summed E-state index contributed by atoms with van der Waals surface area (Å²) < 4.78 is 5.88. The zero-order valence-corrected chi connectivity index (χ0v) is 11.6. The van der Waals surface area contributed by atoms with E-state index in [1.807, 2.05) is 0 Å². The molecule has 1 nitrogen and oxygen atoms in total. The molecule has 1 aliphatic rings. The van der Waals surface area contributed by atoms with Crippen molar-refractivity contribution in [1.29, 1.82) is 0 Å². The lowest BCUT2D eigenvalue weighted by Crippen LogP contribution is -2.37. The van der Waals surface area contributed by atoms with Crippen molar-refractivity contribution >= 4 is 21.8 Å². The number of halogens is 1. The van der Waals surface area contributed by atoms with Gasteiger partial charge in [0.1, 0.15) is 0 Å². The van der Waals surface area contributed by atoms with Gasteiger partial charge in [-0.2, -0.15) is 0 Å². The van der Waals surface area contributed by atoms with Crippen molar-refractivity contribution in [2.24, 2.45) is 5.92 Å². The standard InChI is InChI=1S/C10H21ClOSi/c1-9(8-11)4-6-10(13)5-2-3-7-12-10/h9H,2-8H2,1,13H3. The molecule has 1 heterocycles. The number of hydrogen-bond donors (Lipinski definition) is 0. The zero-order valence-electron chi connectivity index (χ0n) is 8.81. The monoisotopic (exact) mass is 220 g/mol. The first-order valence-electron chi connectivity index (χ1n) is 5.36. The van der Waals surface area contributed by atoms with Crippen molar-refractivity contribution in [2.75, 3.05) is 12.5 Å². The van der Waals surface area contributed by atoms with Gasteiger partial charge in [0.2, 0.25) is 0 Å². The first-order chi connectivity index (χ1) is 6.16. The first kappa shape index (κ1) is 11.5. The highest BCUT2D eigenvalue weighted by molar-refractivity contribution is 6.18. The van der Waals surface area contributed by atoms with E-state index in [1.165, 1.54) is 42.3 Å². The molecule has 0 spiro atoms. The topological polar surface area (TPSA) is 9.23 Å². The number of rotatable bonds is 4. The van der Waals surface area contributed by atoms with Crippen LogP contribution < -0.4 is 0 Å². The van der Waals surface area contributed by atoms with Crippen molar-refractivity contribution in [3.05, 3.63) is 0 Å². The summed E-state index contributed by atoms with van der Waals surface area (Å²) in [6.45, 7) is 3.21. The summed E-state index contributed by atoms with van der Waals surface area (Å²) >= 11 is 5.79. The summed E-state index contributed by atoms with van der Waals surface area (Å²) in [7, 11) is 1.17. The Kier molecular flexibility index (Phi) is 4.77. The predicted molar refractivity (Wildman–Crippen MR) is 61.6 cm³/mol. The molecule has 2 atom stereocenters. The Morgan fingerprint density at radius 1 is 1.54 bits per heavy atom. The Hall–Kier alpha value is 0.467. The van der Waals surface area contributed by atoms with E-state index in [4.69, 9.17) is 16.3 Å². The molecular weight excluding hydrogens is 200 g/mol. The second-order valence-corrected chi connectivity index (χ2v) is 6.68. The van der Waals surface area contributed by atoms with Crippen LogP contribution in [0.5, 0.6) is 0 Å².